The number of hydrogen-bond acceptors (Lipinski definition) is 0. The van der Waals surface area contributed by atoms with Gasteiger partial charge in [-0.2, -0.15) is 6.07 Å². The Hall–Kier alpha value is -0.487. The minimum absolute atomic E-state index is 0. The van der Waals surface area contributed by atoms with Crippen LogP contribution in [0, 0.1) is 5.92 Å². The molecule has 3 aromatic rings. The third-order valence-corrected chi connectivity index (χ3v) is 7.61. The molecule has 2 saturated carbocycles. The van der Waals surface area contributed by atoms with Crippen LogP contribution >= 0.6 is 0 Å². The number of halogens is 2. The van der Waals surface area contributed by atoms with Crippen LogP contribution in [0.15, 0.2) is 54.6 Å². The number of rotatable bonds is 4. The Morgan fingerprint density at radius 2 is 1.34 bits per heavy atom. The summed E-state index contributed by atoms with van der Waals surface area (Å²) in [6.45, 7) is 0. The molecule has 0 unspecified atom stereocenters. The summed E-state index contributed by atoms with van der Waals surface area (Å²) in [5.41, 5.74) is 5.89. The Morgan fingerprint density at radius 1 is 0.719 bits per heavy atom. The molecular weight excluding hydrogens is 510 g/mol. The monoisotopic (exact) mass is 543 g/mol. The summed E-state index contributed by atoms with van der Waals surface area (Å²) in [5.74, 6) is 1.69. The van der Waals surface area contributed by atoms with Gasteiger partial charge in [-0.05, 0) is 42.2 Å². The third-order valence-electron chi connectivity index (χ3n) is 7.61. The van der Waals surface area contributed by atoms with Gasteiger partial charge in [-0.25, -0.2) is 0 Å². The average Bonchev–Trinajstić information content (AvgIpc) is 3.01. The molecule has 3 aromatic carbocycles. The van der Waals surface area contributed by atoms with E-state index in [0.29, 0.717) is 0 Å². The smallest absolute Gasteiger partial charge is 1.00 e. The number of benzene rings is 2. The van der Waals surface area contributed by atoms with Gasteiger partial charge in [0.2, 0.25) is 0 Å². The van der Waals surface area contributed by atoms with Crippen molar-refractivity contribution in [2.75, 3.05) is 0 Å². The van der Waals surface area contributed by atoms with Crippen LogP contribution in [0.5, 0.6) is 0 Å². The molecule has 0 amide bonds. The molecule has 32 heavy (non-hydrogen) atoms. The fourth-order valence-corrected chi connectivity index (χ4v) is 5.94. The van der Waals surface area contributed by atoms with Crippen LogP contribution in [0.25, 0.3) is 21.9 Å². The second-order valence-corrected chi connectivity index (χ2v) is 9.69. The van der Waals surface area contributed by atoms with Crippen LogP contribution in [0.3, 0.4) is 0 Å². The number of fused-ring (bicyclic) bond motifs is 1. The van der Waals surface area contributed by atoms with E-state index in [1.165, 1.54) is 98.9 Å². The first-order valence-corrected chi connectivity index (χ1v) is 12.2. The number of hydrogen-bond donors (Lipinski definition) is 0. The molecule has 0 aromatic heterocycles. The molecule has 169 valence electrons. The molecular formula is C29H35Cl2Zr. The predicted molar refractivity (Wildman–Crippen MR) is 126 cm³/mol. The molecule has 0 heterocycles. The maximum Gasteiger partial charge on any atom is 3.00 e. The molecule has 2 aliphatic carbocycles. The van der Waals surface area contributed by atoms with E-state index in [1.54, 1.807) is 11.1 Å². The van der Waals surface area contributed by atoms with E-state index in [0.717, 1.165) is 11.8 Å². The Balaban J connectivity index is 0.00000121. The van der Waals surface area contributed by atoms with E-state index in [9.17, 15) is 0 Å². The molecule has 0 N–H and O–H groups in total. The van der Waals surface area contributed by atoms with E-state index in [2.05, 4.69) is 54.6 Å². The summed E-state index contributed by atoms with van der Waals surface area (Å²) in [6.07, 6.45) is 16.9. The van der Waals surface area contributed by atoms with Crippen molar-refractivity contribution < 1.29 is 51.0 Å². The van der Waals surface area contributed by atoms with Gasteiger partial charge in [0.25, 0.3) is 0 Å². The maximum absolute atomic E-state index is 2.49. The van der Waals surface area contributed by atoms with Gasteiger partial charge >= 0.3 is 26.2 Å². The zero-order valence-electron chi connectivity index (χ0n) is 19.1. The van der Waals surface area contributed by atoms with Crippen LogP contribution < -0.4 is 24.8 Å². The Bertz CT molecular complexity index is 929. The van der Waals surface area contributed by atoms with Crippen LogP contribution in [0.2, 0.25) is 0 Å². The molecule has 5 rings (SSSR count). The minimum atomic E-state index is 0. The average molecular weight is 546 g/mol. The first kappa shape index (κ1) is 27.8. The topological polar surface area (TPSA) is 0 Å². The van der Waals surface area contributed by atoms with Gasteiger partial charge in [0.1, 0.15) is 0 Å². The van der Waals surface area contributed by atoms with Gasteiger partial charge in [-0.3, -0.25) is 0 Å². The van der Waals surface area contributed by atoms with Crippen molar-refractivity contribution in [3.8, 4) is 11.1 Å². The van der Waals surface area contributed by atoms with Crippen LogP contribution in [0.4, 0.5) is 0 Å². The fraction of sp³-hybridized carbons (Fsp3) is 0.483. The van der Waals surface area contributed by atoms with Crippen LogP contribution in [-0.2, 0) is 32.6 Å². The van der Waals surface area contributed by atoms with Gasteiger partial charge < -0.3 is 24.8 Å². The summed E-state index contributed by atoms with van der Waals surface area (Å²) >= 11 is 0. The second kappa shape index (κ2) is 13.4. The molecule has 0 saturated heterocycles. The van der Waals surface area contributed by atoms with E-state index in [4.69, 9.17) is 0 Å². The molecule has 2 aliphatic rings. The van der Waals surface area contributed by atoms with Gasteiger partial charge in [0.05, 0.1) is 0 Å². The van der Waals surface area contributed by atoms with Gasteiger partial charge in [-0.1, -0.05) is 93.7 Å². The van der Waals surface area contributed by atoms with Gasteiger partial charge in [-0.15, -0.1) is 34.5 Å². The Labute approximate surface area is 226 Å². The van der Waals surface area contributed by atoms with Crippen molar-refractivity contribution in [2.24, 2.45) is 5.92 Å². The fourth-order valence-electron chi connectivity index (χ4n) is 5.94. The Morgan fingerprint density at radius 3 is 2.03 bits per heavy atom. The van der Waals surface area contributed by atoms with Crippen molar-refractivity contribution in [1.29, 1.82) is 0 Å². The van der Waals surface area contributed by atoms with Crippen molar-refractivity contribution in [3.05, 3.63) is 65.7 Å². The molecule has 3 heteroatoms. The molecule has 0 spiro atoms. The predicted octanol–water partition coefficient (Wildman–Crippen LogP) is 2.79. The summed E-state index contributed by atoms with van der Waals surface area (Å²) in [5, 5.41) is 2.86. The minimum Gasteiger partial charge on any atom is -1.00 e. The SMILES string of the molecule is [Cl-].[Cl-].[Zr+3].c1cc(-c2ccc(C3CCCCC3)cc2)c2cc(CC3CCCCCC3)[cH-]c2c1. The van der Waals surface area contributed by atoms with Crippen molar-refractivity contribution >= 4 is 10.8 Å². The standard InChI is InChI=1S/C29H35.2ClH.Zr/c1-2-5-10-22(9-4-1)19-23-20-27-13-8-14-28(29(27)21-23)26-17-15-25(16-18-26)24-11-6-3-7-12-24;;;/h8,13-18,20-22,24H,1-7,9-12,19H2;2*1H;/q-1;;;+3/p-2. The molecule has 2 fully saturated rings. The first-order valence-electron chi connectivity index (χ1n) is 12.2. The summed E-state index contributed by atoms with van der Waals surface area (Å²) in [6, 6.07) is 21.3. The molecule has 0 aliphatic heterocycles. The Kier molecular flexibility index (Phi) is 11.6. The molecule has 0 nitrogen and oxygen atoms in total. The molecule has 0 bridgehead atoms. The van der Waals surface area contributed by atoms with E-state index in [1.807, 2.05) is 0 Å². The zero-order valence-corrected chi connectivity index (χ0v) is 23.1. The van der Waals surface area contributed by atoms with Crippen LogP contribution in [-0.4, -0.2) is 0 Å². The van der Waals surface area contributed by atoms with Gasteiger partial charge in [0.15, 0.2) is 0 Å². The maximum atomic E-state index is 2.49. The second-order valence-electron chi connectivity index (χ2n) is 9.69. The largest absolute Gasteiger partial charge is 3.00 e. The van der Waals surface area contributed by atoms with Gasteiger partial charge in [0, 0.05) is 0 Å². The van der Waals surface area contributed by atoms with Crippen molar-refractivity contribution in [1.82, 2.24) is 0 Å². The van der Waals surface area contributed by atoms with E-state index in [-0.39, 0.29) is 51.0 Å². The quantitative estimate of drug-likeness (QED) is 0.350. The zero-order chi connectivity index (χ0) is 19.5. The molecule has 1 radical (unpaired) electrons. The van der Waals surface area contributed by atoms with E-state index < -0.39 is 0 Å². The van der Waals surface area contributed by atoms with Crippen molar-refractivity contribution in [3.63, 3.8) is 0 Å². The third kappa shape index (κ3) is 6.55. The molecule has 0 atom stereocenters. The van der Waals surface area contributed by atoms with E-state index >= 15 is 0 Å². The normalized spacial score (nSPS) is 17.6. The summed E-state index contributed by atoms with van der Waals surface area (Å²) < 4.78 is 0. The van der Waals surface area contributed by atoms with Crippen molar-refractivity contribution in [2.45, 2.75) is 83.0 Å². The summed E-state index contributed by atoms with van der Waals surface area (Å²) in [4.78, 5) is 0. The summed E-state index contributed by atoms with van der Waals surface area (Å²) in [7, 11) is 0. The first-order chi connectivity index (χ1) is 14.4. The van der Waals surface area contributed by atoms with Crippen LogP contribution in [0.1, 0.15) is 87.7 Å².